The van der Waals surface area contributed by atoms with Gasteiger partial charge in [0.25, 0.3) is 0 Å². The van der Waals surface area contributed by atoms with Crippen LogP contribution in [0.4, 0.5) is 4.79 Å². The molecule has 1 aromatic carbocycles. The molecular weight excluding hydrogens is 306 g/mol. The van der Waals surface area contributed by atoms with E-state index in [0.717, 1.165) is 30.8 Å². The Labute approximate surface area is 144 Å². The number of aliphatic hydroxyl groups excluding tert-OH is 1. The van der Waals surface area contributed by atoms with Crippen LogP contribution in [0, 0.1) is 5.92 Å². The number of nitrogens with one attached hydrogen (secondary N) is 3. The Kier molecular flexibility index (Phi) is 7.34. The SMILES string of the molecule is CC(C)CCOc1cccc(CCNC(=O)N[C@@H]2CNC[C@H]2O)c1. The zero-order valence-corrected chi connectivity index (χ0v) is 14.5. The van der Waals surface area contributed by atoms with E-state index in [1.54, 1.807) is 0 Å². The molecule has 1 fully saturated rings. The molecule has 0 aliphatic carbocycles. The highest BCUT2D eigenvalue weighted by atomic mass is 16.5. The van der Waals surface area contributed by atoms with Gasteiger partial charge >= 0.3 is 6.03 Å². The third kappa shape index (κ3) is 6.37. The lowest BCUT2D eigenvalue weighted by Gasteiger charge is -2.16. The molecule has 2 amide bonds. The fourth-order valence-electron chi connectivity index (χ4n) is 2.56. The first-order chi connectivity index (χ1) is 11.5. The molecule has 0 unspecified atom stereocenters. The summed E-state index contributed by atoms with van der Waals surface area (Å²) in [5.74, 6) is 1.50. The van der Waals surface area contributed by atoms with Crippen LogP contribution >= 0.6 is 0 Å². The summed E-state index contributed by atoms with van der Waals surface area (Å²) in [7, 11) is 0. The van der Waals surface area contributed by atoms with Gasteiger partial charge in [0.15, 0.2) is 0 Å². The van der Waals surface area contributed by atoms with Gasteiger partial charge in [0.1, 0.15) is 5.75 Å². The topological polar surface area (TPSA) is 82.6 Å². The molecule has 1 aromatic rings. The van der Waals surface area contributed by atoms with Crippen LogP contribution < -0.4 is 20.7 Å². The first-order valence-electron chi connectivity index (χ1n) is 8.69. The van der Waals surface area contributed by atoms with E-state index in [0.29, 0.717) is 25.6 Å². The van der Waals surface area contributed by atoms with Gasteiger partial charge in [-0.15, -0.1) is 0 Å². The van der Waals surface area contributed by atoms with Crippen LogP contribution in [0.5, 0.6) is 5.75 Å². The molecule has 0 radical (unpaired) electrons. The van der Waals surface area contributed by atoms with Crippen LogP contribution in [0.2, 0.25) is 0 Å². The second kappa shape index (κ2) is 9.49. The van der Waals surface area contributed by atoms with Crippen molar-refractivity contribution in [1.82, 2.24) is 16.0 Å². The van der Waals surface area contributed by atoms with Gasteiger partial charge in [0.2, 0.25) is 0 Å². The van der Waals surface area contributed by atoms with Crippen LogP contribution in [0.25, 0.3) is 0 Å². The minimum Gasteiger partial charge on any atom is -0.494 e. The van der Waals surface area contributed by atoms with Gasteiger partial charge in [0.05, 0.1) is 18.8 Å². The highest BCUT2D eigenvalue weighted by molar-refractivity contribution is 5.74. The van der Waals surface area contributed by atoms with E-state index >= 15 is 0 Å². The van der Waals surface area contributed by atoms with E-state index in [4.69, 9.17) is 4.74 Å². The lowest BCUT2D eigenvalue weighted by molar-refractivity contribution is 0.162. The number of benzene rings is 1. The standard InChI is InChI=1S/C18H29N3O3/c1-13(2)7-9-24-15-5-3-4-14(10-15)6-8-20-18(23)21-16-11-19-12-17(16)22/h3-5,10,13,16-17,19,22H,6-9,11-12H2,1-2H3,(H2,20,21,23)/t16-,17-/m1/s1. The zero-order chi connectivity index (χ0) is 17.4. The number of urea groups is 1. The monoisotopic (exact) mass is 335 g/mol. The van der Waals surface area contributed by atoms with Crippen molar-refractivity contribution in [3.63, 3.8) is 0 Å². The fourth-order valence-corrected chi connectivity index (χ4v) is 2.56. The first kappa shape index (κ1) is 18.5. The summed E-state index contributed by atoms with van der Waals surface area (Å²) in [4.78, 5) is 11.8. The van der Waals surface area contributed by atoms with Crippen molar-refractivity contribution < 1.29 is 14.6 Å². The van der Waals surface area contributed by atoms with E-state index in [1.807, 2.05) is 24.3 Å². The van der Waals surface area contributed by atoms with Gasteiger partial charge in [-0.25, -0.2) is 4.79 Å². The Bertz CT molecular complexity index is 522. The zero-order valence-electron chi connectivity index (χ0n) is 14.5. The average molecular weight is 335 g/mol. The summed E-state index contributed by atoms with van der Waals surface area (Å²) in [6.07, 6.45) is 1.25. The van der Waals surface area contributed by atoms with E-state index in [-0.39, 0.29) is 12.1 Å². The number of amides is 2. The molecule has 2 rings (SSSR count). The fraction of sp³-hybridized carbons (Fsp3) is 0.611. The third-order valence-corrected chi connectivity index (χ3v) is 4.06. The van der Waals surface area contributed by atoms with E-state index in [2.05, 4.69) is 29.8 Å². The van der Waals surface area contributed by atoms with Crippen LogP contribution in [0.3, 0.4) is 0 Å². The molecule has 1 aliphatic heterocycles. The minimum absolute atomic E-state index is 0.220. The lowest BCUT2D eigenvalue weighted by Crippen LogP contribution is -2.47. The highest BCUT2D eigenvalue weighted by Gasteiger charge is 2.25. The maximum atomic E-state index is 11.8. The number of hydrogen-bond donors (Lipinski definition) is 4. The number of ether oxygens (including phenoxy) is 1. The Morgan fingerprint density at radius 3 is 2.96 bits per heavy atom. The summed E-state index contributed by atoms with van der Waals surface area (Å²) >= 11 is 0. The van der Waals surface area contributed by atoms with Gasteiger partial charge in [0, 0.05) is 19.6 Å². The van der Waals surface area contributed by atoms with Gasteiger partial charge in [-0.05, 0) is 36.5 Å². The predicted molar refractivity (Wildman–Crippen MR) is 94.3 cm³/mol. The number of aliphatic hydroxyl groups is 1. The summed E-state index contributed by atoms with van der Waals surface area (Å²) in [5.41, 5.74) is 1.12. The summed E-state index contributed by atoms with van der Waals surface area (Å²) < 4.78 is 5.75. The van der Waals surface area contributed by atoms with Crippen molar-refractivity contribution in [1.29, 1.82) is 0 Å². The summed E-state index contributed by atoms with van der Waals surface area (Å²) in [5, 5.41) is 18.3. The van der Waals surface area contributed by atoms with Crippen molar-refractivity contribution in [2.24, 2.45) is 5.92 Å². The molecule has 6 nitrogen and oxygen atoms in total. The Hall–Kier alpha value is -1.79. The van der Waals surface area contributed by atoms with Crippen LogP contribution in [0.15, 0.2) is 24.3 Å². The van der Waals surface area contributed by atoms with Crippen molar-refractivity contribution in [3.8, 4) is 5.75 Å². The molecular formula is C18H29N3O3. The number of hydrogen-bond acceptors (Lipinski definition) is 4. The molecule has 1 heterocycles. The quantitative estimate of drug-likeness (QED) is 0.577. The highest BCUT2D eigenvalue weighted by Crippen LogP contribution is 2.14. The van der Waals surface area contributed by atoms with Crippen LogP contribution in [-0.2, 0) is 6.42 Å². The number of carbonyl (C=O) groups excluding carboxylic acids is 1. The van der Waals surface area contributed by atoms with Crippen molar-refractivity contribution in [2.75, 3.05) is 26.2 Å². The maximum absolute atomic E-state index is 11.8. The smallest absolute Gasteiger partial charge is 0.315 e. The maximum Gasteiger partial charge on any atom is 0.315 e. The molecule has 0 saturated carbocycles. The normalized spacial score (nSPS) is 20.2. The molecule has 2 atom stereocenters. The molecule has 134 valence electrons. The second-order valence-corrected chi connectivity index (χ2v) is 6.66. The Balaban J connectivity index is 1.68. The summed E-state index contributed by atoms with van der Waals surface area (Å²) in [6.45, 7) is 6.74. The van der Waals surface area contributed by atoms with Gasteiger partial charge in [-0.2, -0.15) is 0 Å². The van der Waals surface area contributed by atoms with Crippen LogP contribution in [-0.4, -0.2) is 49.5 Å². The molecule has 1 aliphatic rings. The molecule has 0 bridgehead atoms. The van der Waals surface area contributed by atoms with Crippen LogP contribution in [0.1, 0.15) is 25.8 Å². The Morgan fingerprint density at radius 2 is 2.25 bits per heavy atom. The van der Waals surface area contributed by atoms with E-state index in [1.165, 1.54) is 0 Å². The molecule has 24 heavy (non-hydrogen) atoms. The van der Waals surface area contributed by atoms with Crippen molar-refractivity contribution >= 4 is 6.03 Å². The van der Waals surface area contributed by atoms with Gasteiger partial charge in [-0.3, -0.25) is 0 Å². The minimum atomic E-state index is -0.518. The second-order valence-electron chi connectivity index (χ2n) is 6.66. The van der Waals surface area contributed by atoms with Crippen molar-refractivity contribution in [3.05, 3.63) is 29.8 Å². The number of carbonyl (C=O) groups is 1. The molecule has 0 aromatic heterocycles. The number of rotatable bonds is 8. The Morgan fingerprint density at radius 1 is 1.42 bits per heavy atom. The number of β-amino-alcohol motifs (C(OH)–C–C–N with tert-alkyl or cyclic N) is 1. The molecule has 1 saturated heterocycles. The lowest BCUT2D eigenvalue weighted by atomic mass is 10.1. The largest absolute Gasteiger partial charge is 0.494 e. The molecule has 0 spiro atoms. The van der Waals surface area contributed by atoms with Gasteiger partial charge < -0.3 is 25.8 Å². The van der Waals surface area contributed by atoms with E-state index in [9.17, 15) is 9.90 Å². The van der Waals surface area contributed by atoms with Gasteiger partial charge in [-0.1, -0.05) is 26.0 Å². The van der Waals surface area contributed by atoms with Crippen molar-refractivity contribution in [2.45, 2.75) is 38.8 Å². The molecule has 6 heteroatoms. The van der Waals surface area contributed by atoms with E-state index < -0.39 is 6.10 Å². The first-order valence-corrected chi connectivity index (χ1v) is 8.69. The average Bonchev–Trinajstić information content (AvgIpc) is 2.92. The molecule has 4 N–H and O–H groups in total. The predicted octanol–water partition coefficient (Wildman–Crippen LogP) is 1.29. The summed E-state index contributed by atoms with van der Waals surface area (Å²) in [6, 6.07) is 7.51. The third-order valence-electron chi connectivity index (χ3n) is 4.06.